The number of anilines is 1. The van der Waals surface area contributed by atoms with Crippen LogP contribution in [0.1, 0.15) is 0 Å². The summed E-state index contributed by atoms with van der Waals surface area (Å²) in [4.78, 5) is 15.5. The second kappa shape index (κ2) is 6.76. The third-order valence-corrected chi connectivity index (χ3v) is 1.80. The number of rotatable bonds is 4. The molecule has 0 saturated heterocycles. The van der Waals surface area contributed by atoms with E-state index < -0.39 is 5.97 Å². The van der Waals surface area contributed by atoms with Crippen LogP contribution in [0.4, 0.5) is 5.69 Å². The molecule has 0 bridgehead atoms. The van der Waals surface area contributed by atoms with Crippen molar-refractivity contribution in [2.24, 2.45) is 0 Å². The molecule has 0 amide bonds. The zero-order valence-corrected chi connectivity index (χ0v) is 9.54. The number of hydroxylamine groups is 1. The lowest BCUT2D eigenvalue weighted by molar-refractivity contribution is -0.147. The monoisotopic (exact) mass is 240 g/mol. The predicted octanol–water partition coefficient (Wildman–Crippen LogP) is 1.08. The number of carbonyl (C=O) groups excluding carboxylic acids is 1. The Morgan fingerprint density at radius 2 is 2.06 bits per heavy atom. The van der Waals surface area contributed by atoms with Crippen LogP contribution in [0.15, 0.2) is 30.3 Å². The van der Waals surface area contributed by atoms with Crippen molar-refractivity contribution in [2.45, 2.75) is 0 Å². The lowest BCUT2D eigenvalue weighted by Crippen LogP contribution is -2.30. The third kappa shape index (κ3) is 4.72. The highest BCUT2D eigenvalue weighted by Crippen LogP contribution is 2.04. The molecule has 0 saturated carbocycles. The number of hydrogen-bond donors (Lipinski definition) is 2. The van der Waals surface area contributed by atoms with Gasteiger partial charge in [0.25, 0.3) is 0 Å². The highest BCUT2D eigenvalue weighted by atomic mass is 32.1. The highest BCUT2D eigenvalue weighted by molar-refractivity contribution is 7.80. The van der Waals surface area contributed by atoms with Crippen molar-refractivity contribution in [1.82, 2.24) is 5.48 Å². The molecule has 5 nitrogen and oxygen atoms in total. The fourth-order valence-electron chi connectivity index (χ4n) is 0.898. The maximum Gasteiger partial charge on any atom is 0.334 e. The van der Waals surface area contributed by atoms with Crippen LogP contribution in [-0.2, 0) is 14.4 Å². The molecule has 86 valence electrons. The molecule has 0 fully saturated rings. The van der Waals surface area contributed by atoms with Gasteiger partial charge in [0.1, 0.15) is 0 Å². The van der Waals surface area contributed by atoms with Crippen LogP contribution in [0.5, 0.6) is 0 Å². The zero-order chi connectivity index (χ0) is 11.8. The van der Waals surface area contributed by atoms with Crippen LogP contribution in [0.2, 0.25) is 0 Å². The predicted molar refractivity (Wildman–Crippen MR) is 63.8 cm³/mol. The van der Waals surface area contributed by atoms with Gasteiger partial charge in [-0.05, 0) is 24.4 Å². The van der Waals surface area contributed by atoms with Crippen LogP contribution in [0.25, 0.3) is 0 Å². The molecule has 0 unspecified atom stereocenters. The van der Waals surface area contributed by atoms with E-state index in [1.165, 1.54) is 7.11 Å². The molecule has 0 radical (unpaired) electrons. The minimum absolute atomic E-state index is 0.201. The average molecular weight is 240 g/mol. The molecular weight excluding hydrogens is 228 g/mol. The van der Waals surface area contributed by atoms with E-state index in [1.807, 2.05) is 30.3 Å². The van der Waals surface area contributed by atoms with Crippen molar-refractivity contribution in [1.29, 1.82) is 0 Å². The number of para-hydroxylation sites is 1. The first-order valence-corrected chi connectivity index (χ1v) is 4.94. The van der Waals surface area contributed by atoms with Crippen LogP contribution in [0, 0.1) is 0 Å². The first-order valence-electron chi connectivity index (χ1n) is 4.53. The molecule has 16 heavy (non-hydrogen) atoms. The number of hydrogen-bond acceptors (Lipinski definition) is 4. The fraction of sp³-hybridized carbons (Fsp3) is 0.200. The van der Waals surface area contributed by atoms with E-state index in [-0.39, 0.29) is 11.7 Å². The van der Waals surface area contributed by atoms with Crippen molar-refractivity contribution in [3.8, 4) is 0 Å². The summed E-state index contributed by atoms with van der Waals surface area (Å²) >= 11 is 4.92. The number of benzene rings is 1. The Kier molecular flexibility index (Phi) is 5.24. The van der Waals surface area contributed by atoms with Crippen LogP contribution < -0.4 is 10.8 Å². The van der Waals surface area contributed by atoms with Crippen molar-refractivity contribution < 1.29 is 14.4 Å². The van der Waals surface area contributed by atoms with Crippen molar-refractivity contribution in [3.63, 3.8) is 0 Å². The van der Waals surface area contributed by atoms with Gasteiger partial charge < -0.3 is 10.1 Å². The smallest absolute Gasteiger partial charge is 0.334 e. The fourth-order valence-corrected chi connectivity index (χ4v) is 1.07. The molecule has 0 aliphatic rings. The molecule has 1 aromatic carbocycles. The molecule has 1 aromatic rings. The normalized spacial score (nSPS) is 9.31. The van der Waals surface area contributed by atoms with Gasteiger partial charge in [-0.3, -0.25) is 4.84 Å². The Morgan fingerprint density at radius 3 is 2.69 bits per heavy atom. The molecule has 2 N–H and O–H groups in total. The summed E-state index contributed by atoms with van der Waals surface area (Å²) in [6, 6.07) is 9.36. The Labute approximate surface area is 98.7 Å². The zero-order valence-electron chi connectivity index (χ0n) is 8.73. The van der Waals surface area contributed by atoms with Crippen molar-refractivity contribution >= 4 is 29.0 Å². The van der Waals surface area contributed by atoms with Gasteiger partial charge in [0.2, 0.25) is 0 Å². The van der Waals surface area contributed by atoms with E-state index >= 15 is 0 Å². The second-order valence-corrected chi connectivity index (χ2v) is 3.20. The van der Waals surface area contributed by atoms with Gasteiger partial charge in [0, 0.05) is 5.69 Å². The second-order valence-electron chi connectivity index (χ2n) is 2.79. The molecule has 0 aliphatic heterocycles. The molecule has 6 heteroatoms. The summed E-state index contributed by atoms with van der Waals surface area (Å²) in [6.07, 6.45) is 0. The minimum atomic E-state index is -0.477. The quantitative estimate of drug-likeness (QED) is 0.466. The molecule has 0 heterocycles. The summed E-state index contributed by atoms with van der Waals surface area (Å²) in [5.74, 6) is -0.477. The standard InChI is InChI=1S/C10H12N2O3S/c1-14-9(13)7-15-12-10(16)11-8-5-3-2-4-6-8/h2-6H,7H2,1H3,(H2,11,12,16). The van der Waals surface area contributed by atoms with Crippen LogP contribution in [-0.4, -0.2) is 24.8 Å². The summed E-state index contributed by atoms with van der Waals surface area (Å²) in [6.45, 7) is -0.201. The lowest BCUT2D eigenvalue weighted by Gasteiger charge is -2.09. The molecular formula is C10H12N2O3S. The van der Waals surface area contributed by atoms with Crippen LogP contribution in [0.3, 0.4) is 0 Å². The summed E-state index contributed by atoms with van der Waals surface area (Å²) in [5.41, 5.74) is 3.25. The van der Waals surface area contributed by atoms with E-state index in [9.17, 15) is 4.79 Å². The van der Waals surface area contributed by atoms with Gasteiger partial charge in [-0.25, -0.2) is 10.3 Å². The largest absolute Gasteiger partial charge is 0.467 e. The van der Waals surface area contributed by atoms with Gasteiger partial charge in [-0.1, -0.05) is 18.2 Å². The summed E-state index contributed by atoms with van der Waals surface area (Å²) < 4.78 is 4.38. The van der Waals surface area contributed by atoms with Gasteiger partial charge in [-0.2, -0.15) is 0 Å². The average Bonchev–Trinajstić information content (AvgIpc) is 2.30. The van der Waals surface area contributed by atoms with Gasteiger partial charge >= 0.3 is 5.97 Å². The Bertz CT molecular complexity index is 356. The molecule has 0 spiro atoms. The summed E-state index contributed by atoms with van der Waals surface area (Å²) in [5, 5.41) is 3.15. The van der Waals surface area contributed by atoms with E-state index in [4.69, 9.17) is 17.1 Å². The Morgan fingerprint density at radius 1 is 1.38 bits per heavy atom. The van der Waals surface area contributed by atoms with E-state index in [1.54, 1.807) is 0 Å². The van der Waals surface area contributed by atoms with Crippen molar-refractivity contribution in [2.75, 3.05) is 19.0 Å². The summed E-state index contributed by atoms with van der Waals surface area (Å²) in [7, 11) is 1.28. The number of nitrogens with one attached hydrogen (secondary N) is 2. The molecule has 1 rings (SSSR count). The lowest BCUT2D eigenvalue weighted by atomic mass is 10.3. The number of thiocarbonyl (C=S) groups is 1. The van der Waals surface area contributed by atoms with Gasteiger partial charge in [-0.15, -0.1) is 0 Å². The maximum absolute atomic E-state index is 10.7. The number of esters is 1. The first-order chi connectivity index (χ1) is 7.72. The molecule has 0 aliphatic carbocycles. The highest BCUT2D eigenvalue weighted by Gasteiger charge is 2.01. The van der Waals surface area contributed by atoms with Gasteiger partial charge in [0.05, 0.1) is 7.11 Å². The molecule has 0 atom stereocenters. The van der Waals surface area contributed by atoms with Crippen LogP contribution >= 0.6 is 12.2 Å². The maximum atomic E-state index is 10.7. The van der Waals surface area contributed by atoms with E-state index in [0.29, 0.717) is 0 Å². The minimum Gasteiger partial charge on any atom is -0.467 e. The molecule has 0 aromatic heterocycles. The third-order valence-electron chi connectivity index (χ3n) is 1.61. The number of carbonyl (C=O) groups is 1. The number of ether oxygens (including phenoxy) is 1. The van der Waals surface area contributed by atoms with E-state index in [2.05, 4.69) is 15.5 Å². The first kappa shape index (κ1) is 12.4. The SMILES string of the molecule is COC(=O)CONC(=S)Nc1ccccc1. The number of methoxy groups -OCH3 is 1. The Hall–Kier alpha value is -1.66. The van der Waals surface area contributed by atoms with E-state index in [0.717, 1.165) is 5.69 Å². The van der Waals surface area contributed by atoms with Crippen molar-refractivity contribution in [3.05, 3.63) is 30.3 Å². The van der Waals surface area contributed by atoms with Gasteiger partial charge in [0.15, 0.2) is 11.7 Å². The topological polar surface area (TPSA) is 59.6 Å². The Balaban J connectivity index is 2.24.